The molecule has 1 aromatic heterocycles. The number of amides is 2. The first kappa shape index (κ1) is 17.7. The second-order valence-corrected chi connectivity index (χ2v) is 5.31. The van der Waals surface area contributed by atoms with E-state index in [0.29, 0.717) is 0 Å². The number of ether oxygens (including phenoxy) is 1. The fraction of sp³-hybridized carbons (Fsp3) is 0.0667. The van der Waals surface area contributed by atoms with Crippen LogP contribution in [0.15, 0.2) is 36.4 Å². The maximum absolute atomic E-state index is 11.9. The lowest BCUT2D eigenvalue weighted by atomic mass is 10.1. The van der Waals surface area contributed by atoms with E-state index in [0.717, 1.165) is 0 Å². The molecule has 0 spiro atoms. The Morgan fingerprint density at radius 1 is 1.12 bits per heavy atom. The lowest BCUT2D eigenvalue weighted by Crippen LogP contribution is -2.23. The Kier molecular flexibility index (Phi) is 5.73. The van der Waals surface area contributed by atoms with Gasteiger partial charge in [-0.1, -0.05) is 35.3 Å². The molecule has 24 heavy (non-hydrogen) atoms. The number of nitrogens with zero attached hydrogens (tertiary/aromatic N) is 1. The molecule has 2 aromatic rings. The number of nitrogens with two attached hydrogens (primary N) is 1. The highest BCUT2D eigenvalue weighted by molar-refractivity contribution is 6.33. The Labute approximate surface area is 146 Å². The van der Waals surface area contributed by atoms with Gasteiger partial charge in [-0.2, -0.15) is 0 Å². The monoisotopic (exact) mass is 367 g/mol. The Bertz CT molecular complexity index is 791. The standard InChI is InChI=1S/C15H11Cl2N3O4/c16-11-5-8(6-12(17)20-11)15(23)24-7-13(21)19-10-4-2-1-3-9(10)14(18)22/h1-6H,7H2,(H2,18,22)(H,19,21). The summed E-state index contributed by atoms with van der Waals surface area (Å²) in [6.07, 6.45) is 0. The van der Waals surface area contributed by atoms with Gasteiger partial charge in [-0.25, -0.2) is 9.78 Å². The van der Waals surface area contributed by atoms with Gasteiger partial charge in [-0.05, 0) is 24.3 Å². The number of benzene rings is 1. The third-order valence-electron chi connectivity index (χ3n) is 2.80. The smallest absolute Gasteiger partial charge is 0.338 e. The van der Waals surface area contributed by atoms with E-state index < -0.39 is 24.4 Å². The molecule has 0 aliphatic heterocycles. The van der Waals surface area contributed by atoms with Gasteiger partial charge in [0.1, 0.15) is 10.3 Å². The molecule has 3 N–H and O–H groups in total. The summed E-state index contributed by atoms with van der Waals surface area (Å²) in [5.41, 5.74) is 5.64. The highest BCUT2D eigenvalue weighted by Gasteiger charge is 2.14. The lowest BCUT2D eigenvalue weighted by molar-refractivity contribution is -0.119. The summed E-state index contributed by atoms with van der Waals surface area (Å²) in [7, 11) is 0. The van der Waals surface area contributed by atoms with Crippen molar-refractivity contribution in [2.75, 3.05) is 11.9 Å². The van der Waals surface area contributed by atoms with Crippen LogP contribution in [-0.4, -0.2) is 29.4 Å². The van der Waals surface area contributed by atoms with Crippen LogP contribution in [-0.2, 0) is 9.53 Å². The van der Waals surface area contributed by atoms with E-state index >= 15 is 0 Å². The molecule has 0 aliphatic rings. The molecular formula is C15H11Cl2N3O4. The lowest BCUT2D eigenvalue weighted by Gasteiger charge is -2.09. The quantitative estimate of drug-likeness (QED) is 0.621. The number of para-hydroxylation sites is 1. The zero-order valence-corrected chi connectivity index (χ0v) is 13.6. The van der Waals surface area contributed by atoms with Crippen LogP contribution in [0.4, 0.5) is 5.69 Å². The van der Waals surface area contributed by atoms with E-state index in [2.05, 4.69) is 10.3 Å². The molecule has 7 nitrogen and oxygen atoms in total. The second-order valence-electron chi connectivity index (χ2n) is 4.54. The molecule has 0 radical (unpaired) electrons. The van der Waals surface area contributed by atoms with Crippen molar-refractivity contribution in [3.8, 4) is 0 Å². The van der Waals surface area contributed by atoms with Crippen molar-refractivity contribution in [1.29, 1.82) is 0 Å². The zero-order valence-electron chi connectivity index (χ0n) is 12.1. The largest absolute Gasteiger partial charge is 0.452 e. The number of hydrogen-bond donors (Lipinski definition) is 2. The van der Waals surface area contributed by atoms with Gasteiger partial charge in [0.15, 0.2) is 6.61 Å². The third kappa shape index (κ3) is 4.68. The minimum absolute atomic E-state index is 0.0225. The van der Waals surface area contributed by atoms with Gasteiger partial charge in [-0.15, -0.1) is 0 Å². The van der Waals surface area contributed by atoms with Gasteiger partial charge in [-0.3, -0.25) is 9.59 Å². The summed E-state index contributed by atoms with van der Waals surface area (Å²) in [5, 5.41) is 2.48. The van der Waals surface area contributed by atoms with E-state index in [-0.39, 0.29) is 27.1 Å². The average Bonchev–Trinajstić information content (AvgIpc) is 2.52. The first-order valence-electron chi connectivity index (χ1n) is 6.55. The first-order chi connectivity index (χ1) is 11.4. The molecule has 0 saturated carbocycles. The summed E-state index contributed by atoms with van der Waals surface area (Å²) >= 11 is 11.4. The number of nitrogens with one attached hydrogen (secondary N) is 1. The predicted octanol–water partition coefficient (Wildman–Crippen LogP) is 2.28. The SMILES string of the molecule is NC(=O)c1ccccc1NC(=O)COC(=O)c1cc(Cl)nc(Cl)c1. The van der Waals surface area contributed by atoms with Crippen molar-refractivity contribution in [3.05, 3.63) is 57.8 Å². The number of anilines is 1. The molecule has 124 valence electrons. The molecule has 2 rings (SSSR count). The van der Waals surface area contributed by atoms with Gasteiger partial charge in [0.2, 0.25) is 0 Å². The Morgan fingerprint density at radius 2 is 1.75 bits per heavy atom. The fourth-order valence-electron chi connectivity index (χ4n) is 1.79. The predicted molar refractivity (Wildman–Crippen MR) is 88.1 cm³/mol. The summed E-state index contributed by atoms with van der Waals surface area (Å²) in [6, 6.07) is 8.71. The van der Waals surface area contributed by atoms with Crippen LogP contribution >= 0.6 is 23.2 Å². The van der Waals surface area contributed by atoms with Crippen LogP contribution in [0.3, 0.4) is 0 Å². The Hall–Kier alpha value is -2.64. The minimum Gasteiger partial charge on any atom is -0.452 e. The molecule has 1 aromatic carbocycles. The maximum Gasteiger partial charge on any atom is 0.338 e. The number of pyridine rings is 1. The molecule has 0 bridgehead atoms. The molecular weight excluding hydrogens is 357 g/mol. The van der Waals surface area contributed by atoms with Crippen LogP contribution in [0, 0.1) is 0 Å². The molecule has 2 amide bonds. The third-order valence-corrected chi connectivity index (χ3v) is 3.19. The van der Waals surface area contributed by atoms with Crippen molar-refractivity contribution >= 4 is 46.7 Å². The van der Waals surface area contributed by atoms with Gasteiger partial charge in [0.25, 0.3) is 11.8 Å². The molecule has 0 saturated heterocycles. The molecule has 9 heteroatoms. The van der Waals surface area contributed by atoms with E-state index in [1.165, 1.54) is 24.3 Å². The van der Waals surface area contributed by atoms with Gasteiger partial charge in [0, 0.05) is 0 Å². The highest BCUT2D eigenvalue weighted by atomic mass is 35.5. The number of hydrogen-bond acceptors (Lipinski definition) is 5. The van der Waals surface area contributed by atoms with Gasteiger partial charge < -0.3 is 15.8 Å². The molecule has 0 aliphatic carbocycles. The van der Waals surface area contributed by atoms with Crippen molar-refractivity contribution in [2.24, 2.45) is 5.73 Å². The number of aromatic nitrogens is 1. The van der Waals surface area contributed by atoms with Crippen molar-refractivity contribution in [2.45, 2.75) is 0 Å². The van der Waals surface area contributed by atoms with Crippen molar-refractivity contribution in [1.82, 2.24) is 4.98 Å². The van der Waals surface area contributed by atoms with Crippen LogP contribution < -0.4 is 11.1 Å². The highest BCUT2D eigenvalue weighted by Crippen LogP contribution is 2.16. The number of primary amides is 1. The fourth-order valence-corrected chi connectivity index (χ4v) is 2.25. The van der Waals surface area contributed by atoms with Gasteiger partial charge in [0.05, 0.1) is 16.8 Å². The number of carbonyl (C=O) groups is 3. The number of halogens is 2. The molecule has 0 atom stereocenters. The van der Waals surface area contributed by atoms with E-state index in [4.69, 9.17) is 33.7 Å². The van der Waals surface area contributed by atoms with Crippen molar-refractivity contribution in [3.63, 3.8) is 0 Å². The summed E-state index contributed by atoms with van der Waals surface area (Å²) < 4.78 is 4.86. The molecule has 0 unspecified atom stereocenters. The molecule has 1 heterocycles. The normalized spacial score (nSPS) is 10.1. The van der Waals surface area contributed by atoms with E-state index in [9.17, 15) is 14.4 Å². The van der Waals surface area contributed by atoms with Crippen LogP contribution in [0.1, 0.15) is 20.7 Å². The Balaban J connectivity index is 1.98. The van der Waals surface area contributed by atoms with Crippen LogP contribution in [0.25, 0.3) is 0 Å². The zero-order chi connectivity index (χ0) is 17.7. The van der Waals surface area contributed by atoms with Gasteiger partial charge >= 0.3 is 5.97 Å². The summed E-state index contributed by atoms with van der Waals surface area (Å²) in [4.78, 5) is 38.7. The Morgan fingerprint density at radius 3 is 2.38 bits per heavy atom. The summed E-state index contributed by atoms with van der Waals surface area (Å²) in [5.74, 6) is -2.12. The number of esters is 1. The average molecular weight is 368 g/mol. The van der Waals surface area contributed by atoms with Crippen LogP contribution in [0.2, 0.25) is 10.3 Å². The minimum atomic E-state index is -0.792. The van der Waals surface area contributed by atoms with E-state index in [1.807, 2.05) is 0 Å². The first-order valence-corrected chi connectivity index (χ1v) is 7.31. The van der Waals surface area contributed by atoms with Crippen molar-refractivity contribution < 1.29 is 19.1 Å². The second kappa shape index (κ2) is 7.76. The summed E-state index contributed by atoms with van der Waals surface area (Å²) in [6.45, 7) is -0.566. The molecule has 0 fully saturated rings. The maximum atomic E-state index is 11.9. The van der Waals surface area contributed by atoms with Crippen LogP contribution in [0.5, 0.6) is 0 Å². The number of carbonyl (C=O) groups excluding carboxylic acids is 3. The van der Waals surface area contributed by atoms with E-state index in [1.54, 1.807) is 12.1 Å². The number of rotatable bonds is 5. The topological polar surface area (TPSA) is 111 Å².